The highest BCUT2D eigenvalue weighted by Crippen LogP contribution is 2.40. The molecule has 2 fully saturated rings. The highest BCUT2D eigenvalue weighted by atomic mass is 16.3. The van der Waals surface area contributed by atoms with Gasteiger partial charge in [-0.15, -0.1) is 5.10 Å². The predicted octanol–water partition coefficient (Wildman–Crippen LogP) is 2.24. The Hall–Kier alpha value is -3.27. The molecule has 2 heterocycles. The number of aromatic nitrogens is 3. The molecular formula is C26H36N6O4. The fourth-order valence-electron chi connectivity index (χ4n) is 4.58. The third-order valence-corrected chi connectivity index (χ3v) is 6.74. The van der Waals surface area contributed by atoms with Gasteiger partial charge in [0.1, 0.15) is 17.6 Å². The van der Waals surface area contributed by atoms with Crippen LogP contribution < -0.4 is 10.6 Å². The van der Waals surface area contributed by atoms with Crippen LogP contribution >= 0.6 is 0 Å². The molecular weight excluding hydrogens is 460 g/mol. The van der Waals surface area contributed by atoms with Gasteiger partial charge in [0.15, 0.2) is 0 Å². The summed E-state index contributed by atoms with van der Waals surface area (Å²) >= 11 is 0. The maximum absolute atomic E-state index is 13.9. The molecule has 3 amide bonds. The number of amides is 3. The lowest BCUT2D eigenvalue weighted by Crippen LogP contribution is -2.58. The van der Waals surface area contributed by atoms with Crippen molar-refractivity contribution in [2.24, 2.45) is 5.41 Å². The molecule has 0 spiro atoms. The summed E-state index contributed by atoms with van der Waals surface area (Å²) in [5, 5.41) is 24.5. The Morgan fingerprint density at radius 2 is 1.75 bits per heavy atom. The molecule has 0 radical (unpaired) electrons. The zero-order valence-corrected chi connectivity index (χ0v) is 21.6. The van der Waals surface area contributed by atoms with E-state index in [4.69, 9.17) is 0 Å². The van der Waals surface area contributed by atoms with Gasteiger partial charge in [0, 0.05) is 30.8 Å². The van der Waals surface area contributed by atoms with Gasteiger partial charge < -0.3 is 20.6 Å². The number of likely N-dealkylation sites (tertiary alicyclic amines) is 1. The van der Waals surface area contributed by atoms with Crippen LogP contribution in [0.25, 0.3) is 0 Å². The van der Waals surface area contributed by atoms with Crippen LogP contribution in [0.4, 0.5) is 5.69 Å². The quantitative estimate of drug-likeness (QED) is 0.539. The molecule has 1 aromatic heterocycles. The molecule has 2 aromatic rings. The van der Waals surface area contributed by atoms with E-state index in [0.29, 0.717) is 11.6 Å². The van der Waals surface area contributed by atoms with Gasteiger partial charge in [0.25, 0.3) is 0 Å². The Kier molecular flexibility index (Phi) is 6.92. The molecule has 3 atom stereocenters. The van der Waals surface area contributed by atoms with Crippen molar-refractivity contribution in [2.45, 2.75) is 83.5 Å². The van der Waals surface area contributed by atoms with Crippen LogP contribution in [0.2, 0.25) is 0 Å². The number of hydrogen-bond acceptors (Lipinski definition) is 6. The lowest BCUT2D eigenvalue weighted by molar-refractivity contribution is -0.145. The molecule has 1 aliphatic heterocycles. The lowest BCUT2D eigenvalue weighted by Gasteiger charge is -2.35. The molecule has 194 valence electrons. The van der Waals surface area contributed by atoms with Crippen LogP contribution in [0.3, 0.4) is 0 Å². The highest BCUT2D eigenvalue weighted by Gasteiger charge is 2.46. The van der Waals surface area contributed by atoms with Crippen LogP contribution in [0, 0.1) is 5.41 Å². The van der Waals surface area contributed by atoms with E-state index in [-0.39, 0.29) is 24.8 Å². The number of aliphatic hydroxyl groups excluding tert-OH is 1. The van der Waals surface area contributed by atoms with E-state index in [1.165, 1.54) is 4.90 Å². The van der Waals surface area contributed by atoms with Crippen LogP contribution in [-0.2, 0) is 14.4 Å². The number of nitrogens with zero attached hydrogens (tertiary/aromatic N) is 4. The number of para-hydroxylation sites is 1. The molecule has 1 aliphatic carbocycles. The summed E-state index contributed by atoms with van der Waals surface area (Å²) in [6.07, 6.45) is 3.21. The molecule has 10 heteroatoms. The fraction of sp³-hybridized carbons (Fsp3) is 0.577. The predicted molar refractivity (Wildman–Crippen MR) is 134 cm³/mol. The molecule has 1 saturated heterocycles. The van der Waals surface area contributed by atoms with Crippen molar-refractivity contribution in [3.8, 4) is 0 Å². The van der Waals surface area contributed by atoms with Gasteiger partial charge >= 0.3 is 0 Å². The maximum Gasteiger partial charge on any atom is 0.249 e. The Morgan fingerprint density at radius 3 is 2.36 bits per heavy atom. The summed E-state index contributed by atoms with van der Waals surface area (Å²) in [6, 6.07) is 7.36. The number of hydrogen-bond donors (Lipinski definition) is 3. The van der Waals surface area contributed by atoms with Crippen molar-refractivity contribution in [3.05, 3.63) is 42.2 Å². The minimum Gasteiger partial charge on any atom is -0.391 e. The second-order valence-corrected chi connectivity index (χ2v) is 11.5. The number of nitrogens with one attached hydrogen (secondary N) is 2. The summed E-state index contributed by atoms with van der Waals surface area (Å²) < 4.78 is 1.59. The monoisotopic (exact) mass is 496 g/mol. The first-order valence-corrected chi connectivity index (χ1v) is 12.5. The lowest BCUT2D eigenvalue weighted by atomic mass is 9.85. The number of rotatable bonds is 7. The average molecular weight is 497 g/mol. The Labute approximate surface area is 211 Å². The smallest absolute Gasteiger partial charge is 0.249 e. The first-order valence-electron chi connectivity index (χ1n) is 12.5. The van der Waals surface area contributed by atoms with Crippen molar-refractivity contribution in [1.82, 2.24) is 25.2 Å². The number of aliphatic hydroxyl groups is 1. The van der Waals surface area contributed by atoms with E-state index in [0.717, 1.165) is 18.5 Å². The molecule has 0 unspecified atom stereocenters. The van der Waals surface area contributed by atoms with E-state index in [2.05, 4.69) is 20.9 Å². The van der Waals surface area contributed by atoms with E-state index in [9.17, 15) is 19.5 Å². The first-order chi connectivity index (χ1) is 16.9. The summed E-state index contributed by atoms with van der Waals surface area (Å²) in [4.78, 5) is 41.5. The molecule has 4 rings (SSSR count). The van der Waals surface area contributed by atoms with Gasteiger partial charge in [0.2, 0.25) is 17.7 Å². The SMILES string of the molecule is CC(C)(NC(=O)[C@@H]1C[C@@H](O)CN1C(=O)[C@@H](n1cc(C2CC2)nn1)C(C)(C)C)C(=O)Nc1ccccc1. The van der Waals surface area contributed by atoms with Crippen molar-refractivity contribution >= 4 is 23.4 Å². The van der Waals surface area contributed by atoms with Gasteiger partial charge in [-0.3, -0.25) is 14.4 Å². The molecule has 1 saturated carbocycles. The zero-order valence-electron chi connectivity index (χ0n) is 21.6. The number of carbonyl (C=O) groups excluding carboxylic acids is 3. The third kappa shape index (κ3) is 5.59. The Balaban J connectivity index is 1.51. The van der Waals surface area contributed by atoms with Gasteiger partial charge in [-0.05, 0) is 44.2 Å². The zero-order chi connectivity index (χ0) is 26.3. The van der Waals surface area contributed by atoms with E-state index >= 15 is 0 Å². The van der Waals surface area contributed by atoms with E-state index in [1.54, 1.807) is 42.8 Å². The molecule has 3 N–H and O–H groups in total. The van der Waals surface area contributed by atoms with Gasteiger partial charge in [-0.25, -0.2) is 4.68 Å². The molecule has 10 nitrogen and oxygen atoms in total. The normalized spacial score (nSPS) is 21.2. The number of benzene rings is 1. The maximum atomic E-state index is 13.9. The van der Waals surface area contributed by atoms with Crippen LogP contribution in [-0.4, -0.2) is 67.0 Å². The van der Waals surface area contributed by atoms with Gasteiger partial charge in [-0.1, -0.05) is 44.2 Å². The Bertz CT molecular complexity index is 1120. The summed E-state index contributed by atoms with van der Waals surface area (Å²) in [5.74, 6) is -0.789. The van der Waals surface area contributed by atoms with Crippen LogP contribution in [0.1, 0.15) is 71.5 Å². The standard InChI is InChI=1S/C26H36N6O4/c1-25(2,3)21(32-15-19(29-30-32)16-11-12-16)23(35)31-14-18(33)13-20(31)22(34)28-26(4,5)24(36)27-17-9-7-6-8-10-17/h6-10,15-16,18,20-21,33H,11-14H2,1-5H3,(H,27,36)(H,28,34)/t18-,20+,21-/m1/s1. The van der Waals surface area contributed by atoms with E-state index < -0.39 is 35.0 Å². The largest absolute Gasteiger partial charge is 0.391 e. The summed E-state index contributed by atoms with van der Waals surface area (Å²) in [7, 11) is 0. The van der Waals surface area contributed by atoms with Crippen molar-refractivity contribution in [2.75, 3.05) is 11.9 Å². The second-order valence-electron chi connectivity index (χ2n) is 11.5. The number of β-amino-alcohol motifs (C(OH)–C–C–N with tert-alkyl or cyclic N) is 1. The van der Waals surface area contributed by atoms with Gasteiger partial charge in [0.05, 0.1) is 11.8 Å². The third-order valence-electron chi connectivity index (χ3n) is 6.74. The summed E-state index contributed by atoms with van der Waals surface area (Å²) in [6.45, 7) is 9.05. The van der Waals surface area contributed by atoms with Crippen molar-refractivity contribution in [1.29, 1.82) is 0 Å². The van der Waals surface area contributed by atoms with Crippen molar-refractivity contribution in [3.63, 3.8) is 0 Å². The topological polar surface area (TPSA) is 129 Å². The Morgan fingerprint density at radius 1 is 1.08 bits per heavy atom. The first kappa shape index (κ1) is 25.8. The van der Waals surface area contributed by atoms with E-state index in [1.807, 2.05) is 33.0 Å². The minimum atomic E-state index is -1.25. The summed E-state index contributed by atoms with van der Waals surface area (Å²) in [5.41, 5.74) is -0.276. The molecule has 36 heavy (non-hydrogen) atoms. The van der Waals surface area contributed by atoms with Crippen LogP contribution in [0.5, 0.6) is 0 Å². The van der Waals surface area contributed by atoms with Crippen molar-refractivity contribution < 1.29 is 19.5 Å². The minimum absolute atomic E-state index is 0.0321. The fourth-order valence-corrected chi connectivity index (χ4v) is 4.58. The molecule has 2 aliphatic rings. The average Bonchev–Trinajstić information content (AvgIpc) is 3.40. The van der Waals surface area contributed by atoms with Crippen LogP contribution in [0.15, 0.2) is 36.5 Å². The number of anilines is 1. The highest BCUT2D eigenvalue weighted by molar-refractivity contribution is 6.01. The molecule has 0 bridgehead atoms. The van der Waals surface area contributed by atoms with Gasteiger partial charge in [-0.2, -0.15) is 0 Å². The second kappa shape index (κ2) is 9.65. The number of carbonyl (C=O) groups is 3. The molecule has 1 aromatic carbocycles.